The molecule has 0 spiro atoms. The molecule has 1 unspecified atom stereocenters. The lowest BCUT2D eigenvalue weighted by atomic mass is 10.1. The Labute approximate surface area is 89.5 Å². The van der Waals surface area contributed by atoms with Crippen LogP contribution in [0.25, 0.3) is 0 Å². The third kappa shape index (κ3) is 3.20. The number of carbonyl (C=O) groups is 2. The third-order valence-electron chi connectivity index (χ3n) is 2.23. The summed E-state index contributed by atoms with van der Waals surface area (Å²) in [5, 5.41) is 2.64. The van der Waals surface area contributed by atoms with E-state index in [1.165, 1.54) is 0 Å². The van der Waals surface area contributed by atoms with E-state index in [1.54, 1.807) is 24.3 Å². The molecule has 1 rings (SSSR count). The molecular formula is C12H15NO2. The Kier molecular flexibility index (Phi) is 4.03. The van der Waals surface area contributed by atoms with Crippen molar-refractivity contribution in [3.8, 4) is 0 Å². The molecule has 0 aliphatic heterocycles. The summed E-state index contributed by atoms with van der Waals surface area (Å²) in [6.07, 6.45) is 0.813. The molecule has 0 aliphatic carbocycles. The van der Waals surface area contributed by atoms with E-state index in [4.69, 9.17) is 0 Å². The summed E-state index contributed by atoms with van der Waals surface area (Å²) in [5.41, 5.74) is 0.429. The van der Waals surface area contributed by atoms with Gasteiger partial charge in [0, 0.05) is 11.6 Å². The smallest absolute Gasteiger partial charge is 0.292 e. The number of carbonyl (C=O) groups excluding carboxylic acids is 2. The largest absolute Gasteiger partial charge is 0.347 e. The number of hydrogen-bond acceptors (Lipinski definition) is 2. The van der Waals surface area contributed by atoms with E-state index < -0.39 is 11.7 Å². The number of hydrogen-bond donors (Lipinski definition) is 1. The monoisotopic (exact) mass is 205 g/mol. The molecule has 1 aromatic carbocycles. The van der Waals surface area contributed by atoms with E-state index >= 15 is 0 Å². The van der Waals surface area contributed by atoms with E-state index in [1.807, 2.05) is 19.9 Å². The van der Waals surface area contributed by atoms with Gasteiger partial charge in [0.2, 0.25) is 5.78 Å². The van der Waals surface area contributed by atoms with Gasteiger partial charge in [-0.2, -0.15) is 0 Å². The average Bonchev–Trinajstić information content (AvgIpc) is 2.29. The highest BCUT2D eigenvalue weighted by molar-refractivity contribution is 6.42. The molecule has 0 fully saturated rings. The second-order valence-corrected chi connectivity index (χ2v) is 3.48. The number of benzene rings is 1. The molecule has 3 nitrogen and oxygen atoms in total. The maximum absolute atomic E-state index is 11.6. The normalized spacial score (nSPS) is 11.9. The predicted molar refractivity (Wildman–Crippen MR) is 58.7 cm³/mol. The van der Waals surface area contributed by atoms with Gasteiger partial charge in [0.1, 0.15) is 0 Å². The first-order valence-corrected chi connectivity index (χ1v) is 5.05. The molecule has 0 saturated heterocycles. The van der Waals surface area contributed by atoms with Crippen molar-refractivity contribution in [2.45, 2.75) is 26.3 Å². The fourth-order valence-electron chi connectivity index (χ4n) is 1.11. The second-order valence-electron chi connectivity index (χ2n) is 3.48. The molecule has 15 heavy (non-hydrogen) atoms. The van der Waals surface area contributed by atoms with Crippen molar-refractivity contribution in [2.24, 2.45) is 0 Å². The van der Waals surface area contributed by atoms with E-state index in [0.717, 1.165) is 6.42 Å². The molecule has 0 heterocycles. The quantitative estimate of drug-likeness (QED) is 0.601. The first-order valence-electron chi connectivity index (χ1n) is 5.05. The fourth-order valence-corrected chi connectivity index (χ4v) is 1.11. The Hall–Kier alpha value is -1.64. The summed E-state index contributed by atoms with van der Waals surface area (Å²) in [5.74, 6) is -1.01. The number of Topliss-reactive ketones (excluding diaryl/α,β-unsaturated/α-hetero) is 1. The molecule has 0 aliphatic rings. The Morgan fingerprint density at radius 2 is 1.87 bits per heavy atom. The molecule has 1 atom stereocenters. The van der Waals surface area contributed by atoms with Crippen LogP contribution < -0.4 is 5.32 Å². The first kappa shape index (κ1) is 11.4. The van der Waals surface area contributed by atoms with Gasteiger partial charge in [-0.25, -0.2) is 0 Å². The van der Waals surface area contributed by atoms with Crippen molar-refractivity contribution in [1.29, 1.82) is 0 Å². The molecule has 0 saturated carbocycles. The van der Waals surface area contributed by atoms with Crippen molar-refractivity contribution in [1.82, 2.24) is 5.32 Å². The molecule has 0 radical (unpaired) electrons. The second kappa shape index (κ2) is 5.29. The van der Waals surface area contributed by atoms with Gasteiger partial charge in [-0.05, 0) is 13.3 Å². The first-order chi connectivity index (χ1) is 7.15. The van der Waals surface area contributed by atoms with Gasteiger partial charge in [0.05, 0.1) is 0 Å². The summed E-state index contributed by atoms with van der Waals surface area (Å²) in [4.78, 5) is 23.0. The Morgan fingerprint density at radius 3 is 2.40 bits per heavy atom. The Morgan fingerprint density at radius 1 is 1.27 bits per heavy atom. The maximum atomic E-state index is 11.6. The lowest BCUT2D eigenvalue weighted by molar-refractivity contribution is -0.117. The third-order valence-corrected chi connectivity index (χ3v) is 2.23. The lowest BCUT2D eigenvalue weighted by Crippen LogP contribution is -2.37. The zero-order valence-electron chi connectivity index (χ0n) is 8.99. The van der Waals surface area contributed by atoms with Crippen molar-refractivity contribution in [3.63, 3.8) is 0 Å². The van der Waals surface area contributed by atoms with Gasteiger partial charge in [0.25, 0.3) is 5.91 Å². The molecule has 80 valence electrons. The molecule has 3 heteroatoms. The van der Waals surface area contributed by atoms with Crippen molar-refractivity contribution in [2.75, 3.05) is 0 Å². The molecule has 1 aromatic rings. The van der Waals surface area contributed by atoms with Gasteiger partial charge in [0.15, 0.2) is 0 Å². The summed E-state index contributed by atoms with van der Waals surface area (Å²) in [7, 11) is 0. The minimum Gasteiger partial charge on any atom is -0.347 e. The summed E-state index contributed by atoms with van der Waals surface area (Å²) < 4.78 is 0. The number of nitrogens with one attached hydrogen (secondary N) is 1. The van der Waals surface area contributed by atoms with Gasteiger partial charge in [-0.15, -0.1) is 0 Å². The number of rotatable bonds is 4. The Bertz CT molecular complexity index is 346. The summed E-state index contributed by atoms with van der Waals surface area (Å²) in [6.45, 7) is 3.83. The zero-order chi connectivity index (χ0) is 11.3. The van der Waals surface area contributed by atoms with Crippen LogP contribution >= 0.6 is 0 Å². The van der Waals surface area contributed by atoms with Crippen LogP contribution in [0.4, 0.5) is 0 Å². The highest BCUT2D eigenvalue weighted by Crippen LogP contribution is 2.00. The van der Waals surface area contributed by atoms with Crippen LogP contribution in [0.5, 0.6) is 0 Å². The van der Waals surface area contributed by atoms with E-state index in [0.29, 0.717) is 5.56 Å². The van der Waals surface area contributed by atoms with Crippen LogP contribution in [0.1, 0.15) is 30.6 Å². The van der Waals surface area contributed by atoms with Gasteiger partial charge in [-0.3, -0.25) is 9.59 Å². The number of amides is 1. The van der Waals surface area contributed by atoms with Crippen LogP contribution in [0.15, 0.2) is 30.3 Å². The fraction of sp³-hybridized carbons (Fsp3) is 0.333. The molecule has 0 aromatic heterocycles. The van der Waals surface area contributed by atoms with Crippen molar-refractivity contribution >= 4 is 11.7 Å². The summed E-state index contributed by atoms with van der Waals surface area (Å²) in [6, 6.07) is 8.60. The molecule has 0 bridgehead atoms. The summed E-state index contributed by atoms with van der Waals surface area (Å²) >= 11 is 0. The van der Waals surface area contributed by atoms with Gasteiger partial charge in [-0.1, -0.05) is 37.3 Å². The average molecular weight is 205 g/mol. The SMILES string of the molecule is CCC(C)NC(=O)C(=O)c1ccccc1. The molecular weight excluding hydrogens is 190 g/mol. The standard InChI is InChI=1S/C12H15NO2/c1-3-9(2)13-12(15)11(14)10-7-5-4-6-8-10/h4-9H,3H2,1-2H3,(H,13,15). The topological polar surface area (TPSA) is 46.2 Å². The highest BCUT2D eigenvalue weighted by atomic mass is 16.2. The van der Waals surface area contributed by atoms with Crippen LogP contribution in [-0.2, 0) is 4.79 Å². The predicted octanol–water partition coefficient (Wildman–Crippen LogP) is 1.78. The van der Waals surface area contributed by atoms with E-state index in [9.17, 15) is 9.59 Å². The van der Waals surface area contributed by atoms with Crippen LogP contribution in [0.2, 0.25) is 0 Å². The molecule has 1 amide bonds. The zero-order valence-corrected chi connectivity index (χ0v) is 8.99. The highest BCUT2D eigenvalue weighted by Gasteiger charge is 2.16. The number of ketones is 1. The van der Waals surface area contributed by atoms with E-state index in [-0.39, 0.29) is 6.04 Å². The minimum absolute atomic E-state index is 0.0326. The van der Waals surface area contributed by atoms with Crippen molar-refractivity contribution < 1.29 is 9.59 Å². The van der Waals surface area contributed by atoms with Crippen LogP contribution in [0.3, 0.4) is 0 Å². The van der Waals surface area contributed by atoms with Crippen molar-refractivity contribution in [3.05, 3.63) is 35.9 Å². The van der Waals surface area contributed by atoms with Gasteiger partial charge < -0.3 is 5.32 Å². The lowest BCUT2D eigenvalue weighted by Gasteiger charge is -2.10. The Balaban J connectivity index is 2.66. The maximum Gasteiger partial charge on any atom is 0.292 e. The minimum atomic E-state index is -0.532. The van der Waals surface area contributed by atoms with E-state index in [2.05, 4.69) is 5.32 Å². The van der Waals surface area contributed by atoms with Crippen LogP contribution in [0, 0.1) is 0 Å². The molecule has 1 N–H and O–H groups in total. The van der Waals surface area contributed by atoms with Crippen LogP contribution in [-0.4, -0.2) is 17.7 Å². The van der Waals surface area contributed by atoms with Gasteiger partial charge >= 0.3 is 0 Å².